The summed E-state index contributed by atoms with van der Waals surface area (Å²) in [5.41, 5.74) is 6.96. The van der Waals surface area contributed by atoms with Gasteiger partial charge in [-0.15, -0.1) is 0 Å². The van der Waals surface area contributed by atoms with Crippen molar-refractivity contribution in [1.29, 1.82) is 0 Å². The number of aliphatic hydroxyl groups is 1. The van der Waals surface area contributed by atoms with Gasteiger partial charge in [-0.25, -0.2) is 23.7 Å². The summed E-state index contributed by atoms with van der Waals surface area (Å²) < 4.78 is 30.8. The Kier molecular flexibility index (Phi) is 6.74. The molecule has 2 aromatic heterocycles. The minimum absolute atomic E-state index is 0.109. The molecule has 9 heteroatoms. The number of para-hydroxylation sites is 1. The van der Waals surface area contributed by atoms with Crippen molar-refractivity contribution in [2.24, 2.45) is 17.6 Å². The number of rotatable bonds is 6. The van der Waals surface area contributed by atoms with Gasteiger partial charge in [0.25, 0.3) is 0 Å². The molecule has 5 rings (SSSR count). The van der Waals surface area contributed by atoms with Gasteiger partial charge in [-0.3, -0.25) is 4.57 Å². The number of benzene rings is 1. The Balaban J connectivity index is 1.50. The van der Waals surface area contributed by atoms with Gasteiger partial charge < -0.3 is 16.2 Å². The van der Waals surface area contributed by atoms with E-state index < -0.39 is 11.6 Å². The van der Waals surface area contributed by atoms with Crippen LogP contribution in [0.5, 0.6) is 0 Å². The van der Waals surface area contributed by atoms with Crippen LogP contribution in [0.2, 0.25) is 0 Å². The first-order chi connectivity index (χ1) is 16.5. The second kappa shape index (κ2) is 9.92. The van der Waals surface area contributed by atoms with Crippen LogP contribution in [0.4, 0.5) is 20.4 Å². The molecule has 34 heavy (non-hydrogen) atoms. The summed E-state index contributed by atoms with van der Waals surface area (Å²) in [6.07, 6.45) is 9.62. The zero-order valence-corrected chi connectivity index (χ0v) is 19.3. The van der Waals surface area contributed by atoms with Gasteiger partial charge in [0.1, 0.15) is 28.7 Å². The molecule has 2 saturated carbocycles. The van der Waals surface area contributed by atoms with Gasteiger partial charge >= 0.3 is 0 Å². The molecular weight excluding hydrogens is 438 g/mol. The maximum absolute atomic E-state index is 14.4. The molecule has 182 valence electrons. The average molecular weight is 471 g/mol. The normalized spacial score (nSPS) is 25.5. The number of aromatic nitrogens is 4. The van der Waals surface area contributed by atoms with Crippen molar-refractivity contribution in [3.63, 3.8) is 0 Å². The lowest BCUT2D eigenvalue weighted by molar-refractivity contribution is 0.108. The van der Waals surface area contributed by atoms with E-state index in [0.717, 1.165) is 63.6 Å². The predicted molar refractivity (Wildman–Crippen MR) is 127 cm³/mol. The minimum atomic E-state index is -0.670. The number of imidazole rings is 1. The molecule has 0 aliphatic heterocycles. The summed E-state index contributed by atoms with van der Waals surface area (Å²) in [5, 5.41) is 12.7. The molecule has 0 bridgehead atoms. The van der Waals surface area contributed by atoms with Crippen molar-refractivity contribution in [2.75, 3.05) is 11.9 Å². The van der Waals surface area contributed by atoms with Gasteiger partial charge in [0.05, 0.1) is 12.3 Å². The maximum atomic E-state index is 14.4. The highest BCUT2D eigenvalue weighted by atomic mass is 19.1. The van der Waals surface area contributed by atoms with Gasteiger partial charge in [0.15, 0.2) is 5.65 Å². The van der Waals surface area contributed by atoms with Crippen LogP contribution >= 0.6 is 0 Å². The molecule has 0 unspecified atom stereocenters. The summed E-state index contributed by atoms with van der Waals surface area (Å²) in [4.78, 5) is 14.1. The summed E-state index contributed by atoms with van der Waals surface area (Å²) >= 11 is 0. The Morgan fingerprint density at radius 3 is 2.32 bits per heavy atom. The quantitative estimate of drug-likeness (QED) is 0.485. The SMILES string of the molecule is NCC1CCC(n2c(Nc3c(F)cccc3F)nc3cnc(CC4CCC(O)CC4)nc32)CC1. The highest BCUT2D eigenvalue weighted by Gasteiger charge is 2.28. The molecule has 7 nitrogen and oxygen atoms in total. The van der Waals surface area contributed by atoms with E-state index in [9.17, 15) is 13.9 Å². The topological polar surface area (TPSA) is 102 Å². The van der Waals surface area contributed by atoms with Crippen LogP contribution in [-0.2, 0) is 6.42 Å². The third-order valence-corrected chi connectivity index (χ3v) is 7.48. The van der Waals surface area contributed by atoms with E-state index in [1.165, 1.54) is 18.2 Å². The predicted octanol–water partition coefficient (Wildman–Crippen LogP) is 4.63. The van der Waals surface area contributed by atoms with Crippen molar-refractivity contribution >= 4 is 22.8 Å². The molecule has 4 N–H and O–H groups in total. The molecule has 2 aliphatic rings. The van der Waals surface area contributed by atoms with Crippen LogP contribution in [0.1, 0.15) is 63.2 Å². The van der Waals surface area contributed by atoms with Gasteiger partial charge in [0.2, 0.25) is 5.95 Å². The van der Waals surface area contributed by atoms with E-state index in [-0.39, 0.29) is 17.8 Å². The maximum Gasteiger partial charge on any atom is 0.210 e. The van der Waals surface area contributed by atoms with Gasteiger partial charge in [-0.1, -0.05) is 6.07 Å². The van der Waals surface area contributed by atoms with Crippen LogP contribution in [0.15, 0.2) is 24.4 Å². The zero-order chi connectivity index (χ0) is 23.7. The van der Waals surface area contributed by atoms with E-state index in [2.05, 4.69) is 15.3 Å². The molecule has 0 saturated heterocycles. The molecular formula is C25H32F2N6O. The Morgan fingerprint density at radius 2 is 1.65 bits per heavy atom. The molecule has 0 spiro atoms. The van der Waals surface area contributed by atoms with E-state index in [1.54, 1.807) is 6.20 Å². The van der Waals surface area contributed by atoms with Crippen LogP contribution in [0, 0.1) is 23.5 Å². The first kappa shape index (κ1) is 23.1. The van der Waals surface area contributed by atoms with Crippen LogP contribution in [-0.4, -0.2) is 37.3 Å². The third-order valence-electron chi connectivity index (χ3n) is 7.48. The molecule has 2 fully saturated rings. The highest BCUT2D eigenvalue weighted by Crippen LogP contribution is 2.37. The smallest absolute Gasteiger partial charge is 0.210 e. The molecule has 0 amide bonds. The second-order valence-electron chi connectivity index (χ2n) is 9.81. The molecule has 0 radical (unpaired) electrons. The van der Waals surface area contributed by atoms with E-state index in [0.29, 0.717) is 35.5 Å². The fourth-order valence-electron chi connectivity index (χ4n) is 5.43. The Bertz CT molecular complexity index is 1120. The lowest BCUT2D eigenvalue weighted by atomic mass is 9.85. The molecule has 3 aromatic rings. The Labute approximate surface area is 197 Å². The number of halogens is 2. The van der Waals surface area contributed by atoms with Crippen LogP contribution in [0.25, 0.3) is 11.2 Å². The lowest BCUT2D eigenvalue weighted by Crippen LogP contribution is -2.24. The van der Waals surface area contributed by atoms with Crippen molar-refractivity contribution in [3.8, 4) is 0 Å². The zero-order valence-electron chi connectivity index (χ0n) is 19.3. The van der Waals surface area contributed by atoms with Gasteiger partial charge in [0, 0.05) is 12.5 Å². The number of nitrogens with two attached hydrogens (primary N) is 1. The Morgan fingerprint density at radius 1 is 0.971 bits per heavy atom. The minimum Gasteiger partial charge on any atom is -0.393 e. The third kappa shape index (κ3) is 4.77. The fraction of sp³-hybridized carbons (Fsp3) is 0.560. The molecule has 0 atom stereocenters. The molecule has 1 aromatic carbocycles. The van der Waals surface area contributed by atoms with E-state index in [1.807, 2.05) is 4.57 Å². The number of anilines is 2. The summed E-state index contributed by atoms with van der Waals surface area (Å²) in [7, 11) is 0. The number of nitrogens with zero attached hydrogens (tertiary/aromatic N) is 4. The number of fused-ring (bicyclic) bond motifs is 1. The largest absolute Gasteiger partial charge is 0.393 e. The average Bonchev–Trinajstić information content (AvgIpc) is 3.20. The molecule has 2 aliphatic carbocycles. The number of aliphatic hydroxyl groups excluding tert-OH is 1. The van der Waals surface area contributed by atoms with Crippen molar-refractivity contribution in [3.05, 3.63) is 41.9 Å². The standard InChI is InChI=1S/C25H32F2N6O/c26-19-2-1-3-20(27)23(19)32-25-30-21-14-29-22(12-15-6-10-18(34)11-7-15)31-24(21)33(25)17-8-4-16(13-28)5-9-17/h1-3,14-18,34H,4-13,28H2,(H,30,32). The van der Waals surface area contributed by atoms with Crippen LogP contribution in [0.3, 0.4) is 0 Å². The number of hydrogen-bond donors (Lipinski definition) is 3. The van der Waals surface area contributed by atoms with Gasteiger partial charge in [-0.05, 0) is 81.9 Å². The van der Waals surface area contributed by atoms with Crippen molar-refractivity contribution in [2.45, 2.75) is 69.9 Å². The first-order valence-corrected chi connectivity index (χ1v) is 12.3. The molecule has 2 heterocycles. The van der Waals surface area contributed by atoms with E-state index >= 15 is 0 Å². The summed E-state index contributed by atoms with van der Waals surface area (Å²) in [5.74, 6) is 0.728. The highest BCUT2D eigenvalue weighted by molar-refractivity contribution is 5.75. The number of nitrogens with one attached hydrogen (secondary N) is 1. The van der Waals surface area contributed by atoms with Crippen LogP contribution < -0.4 is 11.1 Å². The second-order valence-corrected chi connectivity index (χ2v) is 9.81. The fourth-order valence-corrected chi connectivity index (χ4v) is 5.43. The summed E-state index contributed by atoms with van der Waals surface area (Å²) in [6.45, 7) is 0.672. The summed E-state index contributed by atoms with van der Waals surface area (Å²) in [6, 6.07) is 3.90. The van der Waals surface area contributed by atoms with Crippen molar-refractivity contribution < 1.29 is 13.9 Å². The van der Waals surface area contributed by atoms with Crippen molar-refractivity contribution in [1.82, 2.24) is 19.5 Å². The lowest BCUT2D eigenvalue weighted by Gasteiger charge is -2.30. The monoisotopic (exact) mass is 470 g/mol. The number of hydrogen-bond acceptors (Lipinski definition) is 6. The first-order valence-electron chi connectivity index (χ1n) is 12.3. The van der Waals surface area contributed by atoms with E-state index in [4.69, 9.17) is 10.7 Å². The van der Waals surface area contributed by atoms with Gasteiger partial charge in [-0.2, -0.15) is 0 Å². The Hall–Kier alpha value is -2.65.